The van der Waals surface area contributed by atoms with E-state index in [4.69, 9.17) is 9.47 Å². The average Bonchev–Trinajstić information content (AvgIpc) is 2.95. The quantitative estimate of drug-likeness (QED) is 0.836. The lowest BCUT2D eigenvalue weighted by Gasteiger charge is -2.20. The summed E-state index contributed by atoms with van der Waals surface area (Å²) in [4.78, 5) is 11.4. The molecule has 0 saturated carbocycles. The summed E-state index contributed by atoms with van der Waals surface area (Å²) in [7, 11) is 1.50. The summed E-state index contributed by atoms with van der Waals surface area (Å²) in [6, 6.07) is 8.08. The van der Waals surface area contributed by atoms with Crippen molar-refractivity contribution in [3.05, 3.63) is 24.3 Å². The van der Waals surface area contributed by atoms with Gasteiger partial charge in [-0.2, -0.15) is 0 Å². The van der Waals surface area contributed by atoms with Crippen LogP contribution in [-0.2, 0) is 14.3 Å². The molecular formula is C15H22N2O3. The van der Waals surface area contributed by atoms with Gasteiger partial charge in [0, 0.05) is 37.1 Å². The Kier molecular flexibility index (Phi) is 5.38. The van der Waals surface area contributed by atoms with Crippen molar-refractivity contribution in [1.82, 2.24) is 0 Å². The first-order valence-electron chi connectivity index (χ1n) is 6.92. The van der Waals surface area contributed by atoms with Crippen molar-refractivity contribution in [2.45, 2.75) is 19.4 Å². The third-order valence-corrected chi connectivity index (χ3v) is 3.51. The first-order chi connectivity index (χ1) is 9.69. The lowest BCUT2D eigenvalue weighted by atomic mass is 10.0. The van der Waals surface area contributed by atoms with Crippen LogP contribution in [0.15, 0.2) is 24.3 Å². The zero-order valence-corrected chi connectivity index (χ0v) is 12.0. The van der Waals surface area contributed by atoms with E-state index in [1.165, 1.54) is 7.11 Å². The maximum atomic E-state index is 11.4. The van der Waals surface area contributed by atoms with Crippen molar-refractivity contribution in [2.75, 3.05) is 37.6 Å². The number of hydrogen-bond acceptors (Lipinski definition) is 4. The number of methoxy groups -OCH3 is 1. The Labute approximate surface area is 119 Å². The first kappa shape index (κ1) is 14.8. The van der Waals surface area contributed by atoms with E-state index in [1.807, 2.05) is 24.3 Å². The molecule has 20 heavy (non-hydrogen) atoms. The van der Waals surface area contributed by atoms with Gasteiger partial charge in [0.2, 0.25) is 5.91 Å². The van der Waals surface area contributed by atoms with Gasteiger partial charge in [-0.1, -0.05) is 0 Å². The van der Waals surface area contributed by atoms with E-state index in [0.717, 1.165) is 31.0 Å². The number of amides is 1. The van der Waals surface area contributed by atoms with Crippen molar-refractivity contribution in [3.8, 4) is 0 Å². The number of benzene rings is 1. The van der Waals surface area contributed by atoms with Crippen molar-refractivity contribution < 1.29 is 14.3 Å². The molecule has 1 amide bonds. The molecule has 1 aliphatic rings. The van der Waals surface area contributed by atoms with Crippen LogP contribution in [-0.4, -0.2) is 38.9 Å². The van der Waals surface area contributed by atoms with Crippen molar-refractivity contribution in [3.63, 3.8) is 0 Å². The van der Waals surface area contributed by atoms with Gasteiger partial charge in [0.25, 0.3) is 0 Å². The van der Waals surface area contributed by atoms with Gasteiger partial charge in [-0.3, -0.25) is 4.79 Å². The second-order valence-electron chi connectivity index (χ2n) is 5.12. The molecule has 5 heteroatoms. The summed E-state index contributed by atoms with van der Waals surface area (Å²) in [5.41, 5.74) is 1.82. The standard InChI is InChI=1S/C15H22N2O3/c1-11(12-7-8-20-9-12)16-13-3-5-14(6-4-13)17-15(18)10-19-2/h3-6,11-12,16H,7-10H2,1-2H3,(H,17,18). The molecular weight excluding hydrogens is 256 g/mol. The smallest absolute Gasteiger partial charge is 0.250 e. The van der Waals surface area contributed by atoms with Crippen LogP contribution >= 0.6 is 0 Å². The molecule has 1 aliphatic heterocycles. The fourth-order valence-electron chi connectivity index (χ4n) is 2.31. The lowest BCUT2D eigenvalue weighted by molar-refractivity contribution is -0.119. The Balaban J connectivity index is 1.86. The van der Waals surface area contributed by atoms with Gasteiger partial charge in [-0.05, 0) is 37.6 Å². The van der Waals surface area contributed by atoms with Gasteiger partial charge in [-0.25, -0.2) is 0 Å². The lowest BCUT2D eigenvalue weighted by Crippen LogP contribution is -2.26. The summed E-state index contributed by atoms with van der Waals surface area (Å²) < 4.78 is 10.2. The Morgan fingerprint density at radius 3 is 2.70 bits per heavy atom. The Morgan fingerprint density at radius 1 is 1.40 bits per heavy atom. The second kappa shape index (κ2) is 7.26. The number of carbonyl (C=O) groups excluding carboxylic acids is 1. The molecule has 0 aliphatic carbocycles. The van der Waals surface area contributed by atoms with Gasteiger partial charge in [-0.15, -0.1) is 0 Å². The molecule has 0 radical (unpaired) electrons. The number of hydrogen-bond donors (Lipinski definition) is 2. The molecule has 5 nitrogen and oxygen atoms in total. The normalized spacial score (nSPS) is 19.6. The predicted octanol–water partition coefficient (Wildman–Crippen LogP) is 2.11. The van der Waals surface area contributed by atoms with Crippen molar-refractivity contribution >= 4 is 17.3 Å². The summed E-state index contributed by atoms with van der Waals surface area (Å²) >= 11 is 0. The van der Waals surface area contributed by atoms with Gasteiger partial charge in [0.15, 0.2) is 0 Å². The van der Waals surface area contributed by atoms with Crippen LogP contribution in [0.2, 0.25) is 0 Å². The topological polar surface area (TPSA) is 59.6 Å². The van der Waals surface area contributed by atoms with Crippen LogP contribution in [0.3, 0.4) is 0 Å². The highest BCUT2D eigenvalue weighted by Crippen LogP contribution is 2.21. The Morgan fingerprint density at radius 2 is 2.10 bits per heavy atom. The Hall–Kier alpha value is -1.59. The number of rotatable bonds is 6. The van der Waals surface area contributed by atoms with Crippen molar-refractivity contribution in [2.24, 2.45) is 5.92 Å². The van der Waals surface area contributed by atoms with E-state index in [9.17, 15) is 4.79 Å². The second-order valence-corrected chi connectivity index (χ2v) is 5.12. The van der Waals surface area contributed by atoms with E-state index < -0.39 is 0 Å². The van der Waals surface area contributed by atoms with E-state index in [-0.39, 0.29) is 12.5 Å². The fraction of sp³-hybridized carbons (Fsp3) is 0.533. The third-order valence-electron chi connectivity index (χ3n) is 3.51. The molecule has 1 heterocycles. The van der Waals surface area contributed by atoms with Crippen LogP contribution < -0.4 is 10.6 Å². The average molecular weight is 278 g/mol. The van der Waals surface area contributed by atoms with Crippen molar-refractivity contribution in [1.29, 1.82) is 0 Å². The number of anilines is 2. The van der Waals surface area contributed by atoms with Gasteiger partial charge < -0.3 is 20.1 Å². The molecule has 0 aromatic heterocycles. The number of ether oxygens (including phenoxy) is 2. The largest absolute Gasteiger partial charge is 0.382 e. The zero-order valence-electron chi connectivity index (χ0n) is 12.0. The summed E-state index contributed by atoms with van der Waals surface area (Å²) in [6.07, 6.45) is 1.11. The SMILES string of the molecule is COCC(=O)Nc1ccc(NC(C)C2CCOC2)cc1. The maximum Gasteiger partial charge on any atom is 0.250 e. The molecule has 2 rings (SSSR count). The van der Waals surface area contributed by atoms with E-state index in [1.54, 1.807) is 0 Å². The van der Waals surface area contributed by atoms with Crippen LogP contribution in [0.1, 0.15) is 13.3 Å². The van der Waals surface area contributed by atoms with Crippen LogP contribution in [0, 0.1) is 5.92 Å². The zero-order chi connectivity index (χ0) is 14.4. The molecule has 0 bridgehead atoms. The number of nitrogens with one attached hydrogen (secondary N) is 2. The third kappa shape index (κ3) is 4.21. The molecule has 2 unspecified atom stereocenters. The molecule has 2 N–H and O–H groups in total. The molecule has 110 valence electrons. The minimum Gasteiger partial charge on any atom is -0.382 e. The molecule has 1 aromatic rings. The molecule has 1 saturated heterocycles. The summed E-state index contributed by atoms with van der Waals surface area (Å²) in [5.74, 6) is 0.417. The highest BCUT2D eigenvalue weighted by Gasteiger charge is 2.21. The van der Waals surface area contributed by atoms with Gasteiger partial charge >= 0.3 is 0 Å². The Bertz CT molecular complexity index is 427. The first-order valence-corrected chi connectivity index (χ1v) is 6.92. The minimum absolute atomic E-state index is 0.0682. The number of carbonyl (C=O) groups is 1. The van der Waals surface area contributed by atoms with E-state index in [2.05, 4.69) is 17.6 Å². The fourth-order valence-corrected chi connectivity index (χ4v) is 2.31. The van der Waals surface area contributed by atoms with Crippen LogP contribution in [0.5, 0.6) is 0 Å². The van der Waals surface area contributed by atoms with E-state index >= 15 is 0 Å². The minimum atomic E-state index is -0.148. The summed E-state index contributed by atoms with van der Waals surface area (Å²) in [5, 5.41) is 6.24. The maximum absolute atomic E-state index is 11.4. The highest BCUT2D eigenvalue weighted by atomic mass is 16.5. The molecule has 1 aromatic carbocycles. The molecule has 2 atom stereocenters. The van der Waals surface area contributed by atoms with Crippen LogP contribution in [0.4, 0.5) is 11.4 Å². The van der Waals surface area contributed by atoms with Gasteiger partial charge in [0.1, 0.15) is 6.61 Å². The molecule has 0 spiro atoms. The van der Waals surface area contributed by atoms with Crippen LogP contribution in [0.25, 0.3) is 0 Å². The highest BCUT2D eigenvalue weighted by molar-refractivity contribution is 5.91. The molecule has 1 fully saturated rings. The summed E-state index contributed by atoms with van der Waals surface area (Å²) in [6.45, 7) is 3.94. The predicted molar refractivity (Wildman–Crippen MR) is 79.0 cm³/mol. The monoisotopic (exact) mass is 278 g/mol. The van der Waals surface area contributed by atoms with E-state index in [0.29, 0.717) is 12.0 Å². The van der Waals surface area contributed by atoms with Gasteiger partial charge in [0.05, 0.1) is 6.61 Å².